The minimum Gasteiger partial charge on any atom is -0.458 e. The first kappa shape index (κ1) is 58.4. The second-order valence-electron chi connectivity index (χ2n) is 20.5. The quantitative estimate of drug-likeness (QED) is 0.0291. The van der Waals surface area contributed by atoms with Gasteiger partial charge in [0, 0.05) is 85.9 Å². The summed E-state index contributed by atoms with van der Waals surface area (Å²) in [5.74, 6) is -4.92. The molecule has 4 atom stereocenters. The lowest BCUT2D eigenvalue weighted by molar-refractivity contribution is -0.172. The number of halogens is 1. The molecule has 5 heterocycles. The first-order valence-corrected chi connectivity index (χ1v) is 27.5. The number of carbonyl (C=O) groups is 9. The fourth-order valence-corrected chi connectivity index (χ4v) is 11.1. The number of aromatic nitrogens is 2. The van der Waals surface area contributed by atoms with Gasteiger partial charge in [-0.05, 0) is 86.6 Å². The van der Waals surface area contributed by atoms with Crippen LogP contribution in [0.3, 0.4) is 0 Å². The Morgan fingerprint density at radius 3 is 2.29 bits per heavy atom. The first-order valence-electron chi connectivity index (χ1n) is 27.5. The Kier molecular flexibility index (Phi) is 19.4. The number of aryl methyl sites for hydroxylation is 1. The fourth-order valence-electron chi connectivity index (χ4n) is 11.1. The summed E-state index contributed by atoms with van der Waals surface area (Å²) < 4.78 is 22.1. The highest BCUT2D eigenvalue weighted by molar-refractivity contribution is 6.03. The number of pyridine rings is 2. The molecule has 2 aromatic heterocycles. The summed E-state index contributed by atoms with van der Waals surface area (Å²) >= 11 is 0. The zero-order chi connectivity index (χ0) is 56.4. The average Bonchev–Trinajstić information content (AvgIpc) is 3.94. The van der Waals surface area contributed by atoms with E-state index in [0.717, 1.165) is 11.1 Å². The maximum Gasteiger partial charge on any atom is 0.343 e. The van der Waals surface area contributed by atoms with Crippen molar-refractivity contribution in [2.45, 2.75) is 162 Å². The zero-order valence-corrected chi connectivity index (χ0v) is 45.3. The highest BCUT2D eigenvalue weighted by Crippen LogP contribution is 2.46. The van der Waals surface area contributed by atoms with E-state index < -0.39 is 52.5 Å². The fraction of sp³-hybridized carbons (Fsp3) is 0.508. The highest BCUT2D eigenvalue weighted by Gasteiger charge is 2.46. The lowest BCUT2D eigenvalue weighted by Gasteiger charge is -2.31. The largest absolute Gasteiger partial charge is 0.458 e. The van der Waals surface area contributed by atoms with E-state index in [1.165, 1.54) is 15.5 Å². The zero-order valence-electron chi connectivity index (χ0n) is 45.3. The second kappa shape index (κ2) is 25.9. The Morgan fingerprint density at radius 1 is 0.846 bits per heavy atom. The molecule has 0 radical (unpaired) electrons. The number of hydrogen-bond donors (Lipinski definition) is 4. The van der Waals surface area contributed by atoms with Gasteiger partial charge in [0.2, 0.25) is 29.5 Å². The van der Waals surface area contributed by atoms with Crippen molar-refractivity contribution >= 4 is 63.8 Å². The molecule has 78 heavy (non-hydrogen) atoms. The van der Waals surface area contributed by atoms with Crippen LogP contribution in [-0.4, -0.2) is 92.0 Å². The van der Waals surface area contributed by atoms with E-state index in [0.29, 0.717) is 84.1 Å². The number of hydrogen-bond acceptors (Lipinski definition) is 13. The number of amides is 5. The number of benzene rings is 2. The van der Waals surface area contributed by atoms with Gasteiger partial charge in [-0.25, -0.2) is 14.2 Å². The topological polar surface area (TPSA) is 257 Å². The van der Waals surface area contributed by atoms with Crippen molar-refractivity contribution in [1.82, 2.24) is 30.4 Å². The van der Waals surface area contributed by atoms with Crippen LogP contribution in [0.15, 0.2) is 47.3 Å². The molecule has 0 bridgehead atoms. The van der Waals surface area contributed by atoms with Gasteiger partial charge < -0.3 is 30.4 Å². The van der Waals surface area contributed by atoms with Crippen molar-refractivity contribution in [2.75, 3.05) is 19.6 Å². The monoisotopic (exact) mass is 1070 g/mol. The Hall–Kier alpha value is -7.28. The second-order valence-corrected chi connectivity index (χ2v) is 20.5. The predicted molar refractivity (Wildman–Crippen MR) is 286 cm³/mol. The minimum atomic E-state index is -2.04. The Balaban J connectivity index is 0.00000436. The SMILES string of the molecule is CC.CCC1CC(=O)N(CCCCCC(=O)CCC(=O)NCC(=O)C[C@@H](Cc2ccccc2)C(=O)NCC(=O)CCCC(=O)N[C@H]2CCc3c(C)c(F)cc4nc5c(c2c34)Cn2c-5cc3c(c2=O)COC(=O)[C@]3(O)CC)C1=O. The van der Waals surface area contributed by atoms with Crippen molar-refractivity contribution in [3.8, 4) is 11.4 Å². The average molecular weight is 1080 g/mol. The number of likely N-dealkylation sites (tertiary alicyclic amines) is 1. The van der Waals surface area contributed by atoms with Crippen molar-refractivity contribution in [1.29, 1.82) is 0 Å². The molecule has 4 N–H and O–H groups in total. The van der Waals surface area contributed by atoms with E-state index in [-0.39, 0.29) is 137 Å². The third kappa shape index (κ3) is 12.8. The van der Waals surface area contributed by atoms with Gasteiger partial charge >= 0.3 is 5.97 Å². The third-order valence-corrected chi connectivity index (χ3v) is 15.5. The van der Waals surface area contributed by atoms with Gasteiger partial charge in [-0.15, -0.1) is 0 Å². The number of nitrogens with one attached hydrogen (secondary N) is 3. The number of unbranched alkanes of at least 4 members (excludes halogenated alkanes) is 2. The molecule has 19 heteroatoms. The highest BCUT2D eigenvalue weighted by atomic mass is 19.1. The number of ether oxygens (including phenoxy) is 1. The van der Waals surface area contributed by atoms with E-state index in [2.05, 4.69) is 16.0 Å². The van der Waals surface area contributed by atoms with E-state index >= 15 is 4.39 Å². The number of esters is 1. The summed E-state index contributed by atoms with van der Waals surface area (Å²) in [6.07, 6.45) is 3.68. The molecule has 5 amide bonds. The van der Waals surface area contributed by atoms with Gasteiger partial charge in [0.25, 0.3) is 5.56 Å². The number of Topliss-reactive ketones (excluding diaryl/α,β-unsaturated/α-hetero) is 3. The first-order chi connectivity index (χ1) is 37.4. The molecule has 0 spiro atoms. The van der Waals surface area contributed by atoms with Crippen LogP contribution < -0.4 is 21.5 Å². The van der Waals surface area contributed by atoms with E-state index in [1.807, 2.05) is 39.0 Å². The number of carbonyl (C=O) groups excluding carboxylic acids is 9. The third-order valence-electron chi connectivity index (χ3n) is 15.5. The van der Waals surface area contributed by atoms with Gasteiger partial charge in [0.1, 0.15) is 18.2 Å². The molecule has 4 aromatic rings. The van der Waals surface area contributed by atoms with Gasteiger partial charge in [-0.3, -0.25) is 48.1 Å². The maximum absolute atomic E-state index is 15.4. The van der Waals surface area contributed by atoms with Gasteiger partial charge in [0.05, 0.1) is 48.1 Å². The maximum atomic E-state index is 15.4. The van der Waals surface area contributed by atoms with Crippen LogP contribution >= 0.6 is 0 Å². The molecule has 1 saturated heterocycles. The number of fused-ring (bicyclic) bond motifs is 5. The predicted octanol–water partition coefficient (Wildman–Crippen LogP) is 6.14. The lowest BCUT2D eigenvalue weighted by atomic mass is 9.81. The van der Waals surface area contributed by atoms with Crippen molar-refractivity contribution in [3.05, 3.63) is 97.6 Å². The standard InChI is InChI=1S/C57H65FN6O12.C2H6/c1-4-34-25-49(70)63(54(34)72)22-11-7-10-15-36(65)18-21-47(68)59-29-38(67)24-35(23-33-13-8-6-9-14-33)53(71)60-28-37(66)16-12-17-48(69)61-44-20-19-39-32(3)43(58)27-45-50(39)51(44)40-30-64-46(52(40)62-45)26-42-41(55(64)73)31-76-56(74)57(42,75)5-2;1-2/h6,8-9,13-14,26-27,34-35,44,75H,4-5,7,10-12,15-25,28-31H2,1-3H3,(H,59,68)(H,60,71)(H,61,69);1-2H3/t34?,35-,44+,57+;/m1./s1. The summed E-state index contributed by atoms with van der Waals surface area (Å²) in [6, 6.07) is 11.4. The summed E-state index contributed by atoms with van der Waals surface area (Å²) in [6.45, 7) is 8.61. The van der Waals surface area contributed by atoms with Gasteiger partial charge in [-0.2, -0.15) is 0 Å². The van der Waals surface area contributed by atoms with Crippen LogP contribution in [0.1, 0.15) is 163 Å². The molecule has 8 rings (SSSR count). The summed E-state index contributed by atoms with van der Waals surface area (Å²) in [5, 5.41) is 20.4. The van der Waals surface area contributed by atoms with Crippen LogP contribution in [0.25, 0.3) is 22.3 Å². The van der Waals surface area contributed by atoms with E-state index in [4.69, 9.17) is 9.72 Å². The van der Waals surface area contributed by atoms with Crippen LogP contribution in [0.4, 0.5) is 4.39 Å². The molecule has 1 unspecified atom stereocenters. The molecule has 0 saturated carbocycles. The van der Waals surface area contributed by atoms with Crippen molar-refractivity contribution in [2.24, 2.45) is 11.8 Å². The van der Waals surface area contributed by atoms with Crippen LogP contribution in [0.5, 0.6) is 0 Å². The number of imide groups is 1. The number of cyclic esters (lactones) is 1. The van der Waals surface area contributed by atoms with Crippen LogP contribution in [0.2, 0.25) is 0 Å². The molecule has 1 aliphatic carbocycles. The molecule has 1 fully saturated rings. The molecule has 2 aromatic carbocycles. The van der Waals surface area contributed by atoms with Crippen molar-refractivity contribution < 1.29 is 57.4 Å². The normalized spacial score (nSPS) is 18.2. The molecular weight excluding hydrogens is 1000 g/mol. The van der Waals surface area contributed by atoms with Crippen LogP contribution in [0, 0.1) is 24.6 Å². The summed E-state index contributed by atoms with van der Waals surface area (Å²) in [7, 11) is 0. The summed E-state index contributed by atoms with van der Waals surface area (Å²) in [4.78, 5) is 136. The molecule has 3 aliphatic heterocycles. The summed E-state index contributed by atoms with van der Waals surface area (Å²) in [5.41, 5.74) is 2.23. The van der Waals surface area contributed by atoms with E-state index in [1.54, 1.807) is 32.0 Å². The molecule has 416 valence electrons. The lowest BCUT2D eigenvalue weighted by Crippen LogP contribution is -2.44. The van der Waals surface area contributed by atoms with Gasteiger partial charge in [-0.1, -0.05) is 64.4 Å². The molecule has 18 nitrogen and oxygen atoms in total. The molecular formula is C59H71FN6O12. The minimum absolute atomic E-state index is 0.00868. The molecule has 4 aliphatic rings. The Labute approximate surface area is 452 Å². The number of rotatable bonds is 25. The number of ketones is 3. The van der Waals surface area contributed by atoms with Crippen LogP contribution in [-0.2, 0) is 79.5 Å². The van der Waals surface area contributed by atoms with Gasteiger partial charge in [0.15, 0.2) is 17.2 Å². The van der Waals surface area contributed by atoms with E-state index in [9.17, 15) is 53.1 Å². The number of nitrogens with zero attached hydrogens (tertiary/aromatic N) is 3. The smallest absolute Gasteiger partial charge is 0.343 e. The Morgan fingerprint density at radius 2 is 1.58 bits per heavy atom. The Bertz CT molecular complexity index is 3080. The van der Waals surface area contributed by atoms with Crippen molar-refractivity contribution in [3.63, 3.8) is 0 Å². The number of aliphatic hydroxyl groups is 1.